The first kappa shape index (κ1) is 23.3. The molecule has 3 heterocycles. The molecule has 0 aliphatic carbocycles. The first-order valence-corrected chi connectivity index (χ1v) is 11.7. The van der Waals surface area contributed by atoms with Gasteiger partial charge in [-0.3, -0.25) is 18.7 Å². The smallest absolute Gasteiger partial charge is 0.332 e. The van der Waals surface area contributed by atoms with Gasteiger partial charge in [0.2, 0.25) is 11.8 Å². The fourth-order valence-corrected chi connectivity index (χ4v) is 4.22. The van der Waals surface area contributed by atoms with Crippen LogP contribution in [0.15, 0.2) is 62.8 Å². The predicted octanol–water partition coefficient (Wildman–Crippen LogP) is 3.39. The molecule has 0 spiro atoms. The zero-order chi connectivity index (χ0) is 25.6. The Kier molecular flexibility index (Phi) is 5.79. The Hall–Kier alpha value is -4.47. The monoisotopic (exact) mass is 486 g/mol. The SMILES string of the molecule is CC[C@@H](C)c1ccc2oc(-c3ccc(NC(=O)Cn4cnc5c(=O)n(C)c(=O)n(C)c54)cc3)nc2c1. The molecule has 0 fully saturated rings. The van der Waals surface area contributed by atoms with Crippen LogP contribution in [0.2, 0.25) is 0 Å². The van der Waals surface area contributed by atoms with Crippen molar-refractivity contribution in [1.29, 1.82) is 0 Å². The molecule has 10 heteroatoms. The third-order valence-electron chi connectivity index (χ3n) is 6.53. The molecule has 0 unspecified atom stereocenters. The van der Waals surface area contributed by atoms with Crippen molar-refractivity contribution in [2.45, 2.75) is 32.7 Å². The summed E-state index contributed by atoms with van der Waals surface area (Å²) in [5.41, 5.74) is 3.59. The number of hydrogen-bond acceptors (Lipinski definition) is 6. The summed E-state index contributed by atoms with van der Waals surface area (Å²) < 4.78 is 9.70. The minimum atomic E-state index is -0.502. The number of rotatable bonds is 6. The Morgan fingerprint density at radius 1 is 1.08 bits per heavy atom. The van der Waals surface area contributed by atoms with Crippen molar-refractivity contribution in [1.82, 2.24) is 23.7 Å². The molecule has 5 aromatic rings. The van der Waals surface area contributed by atoms with Gasteiger partial charge in [0, 0.05) is 25.3 Å². The van der Waals surface area contributed by atoms with Crippen molar-refractivity contribution < 1.29 is 9.21 Å². The van der Waals surface area contributed by atoms with E-state index in [9.17, 15) is 14.4 Å². The van der Waals surface area contributed by atoms with Crippen LogP contribution in [0, 0.1) is 0 Å². The van der Waals surface area contributed by atoms with Gasteiger partial charge < -0.3 is 14.3 Å². The first-order chi connectivity index (χ1) is 17.3. The fraction of sp³-hybridized carbons (Fsp3) is 0.269. The maximum absolute atomic E-state index is 12.7. The Morgan fingerprint density at radius 2 is 1.83 bits per heavy atom. The van der Waals surface area contributed by atoms with Crippen LogP contribution in [0.5, 0.6) is 0 Å². The summed E-state index contributed by atoms with van der Waals surface area (Å²) >= 11 is 0. The van der Waals surface area contributed by atoms with Crippen LogP contribution >= 0.6 is 0 Å². The van der Waals surface area contributed by atoms with E-state index >= 15 is 0 Å². The van der Waals surface area contributed by atoms with Gasteiger partial charge in [0.05, 0.1) is 6.33 Å². The summed E-state index contributed by atoms with van der Waals surface area (Å²) in [4.78, 5) is 46.0. The zero-order valence-corrected chi connectivity index (χ0v) is 20.5. The quantitative estimate of drug-likeness (QED) is 0.393. The minimum absolute atomic E-state index is 0.109. The van der Waals surface area contributed by atoms with E-state index in [0.717, 1.165) is 27.7 Å². The van der Waals surface area contributed by atoms with Gasteiger partial charge in [-0.15, -0.1) is 0 Å². The molecule has 2 aromatic carbocycles. The van der Waals surface area contributed by atoms with E-state index in [-0.39, 0.29) is 18.0 Å². The molecular weight excluding hydrogens is 460 g/mol. The molecule has 1 atom stereocenters. The lowest BCUT2D eigenvalue weighted by Crippen LogP contribution is -2.37. The van der Waals surface area contributed by atoms with Gasteiger partial charge in [-0.2, -0.15) is 0 Å². The molecule has 1 N–H and O–H groups in total. The maximum atomic E-state index is 12.7. The normalized spacial score (nSPS) is 12.3. The molecule has 0 aliphatic heterocycles. The number of nitrogens with zero attached hydrogens (tertiary/aromatic N) is 5. The second-order valence-corrected chi connectivity index (χ2v) is 8.93. The van der Waals surface area contributed by atoms with E-state index in [2.05, 4.69) is 41.3 Å². The maximum Gasteiger partial charge on any atom is 0.332 e. The third-order valence-corrected chi connectivity index (χ3v) is 6.53. The highest BCUT2D eigenvalue weighted by Gasteiger charge is 2.16. The van der Waals surface area contributed by atoms with Crippen molar-refractivity contribution in [3.63, 3.8) is 0 Å². The van der Waals surface area contributed by atoms with Crippen molar-refractivity contribution in [2.24, 2.45) is 14.1 Å². The number of benzene rings is 2. The second-order valence-electron chi connectivity index (χ2n) is 8.93. The molecule has 0 bridgehead atoms. The van der Waals surface area contributed by atoms with Gasteiger partial charge in [-0.1, -0.05) is 19.9 Å². The van der Waals surface area contributed by atoms with Crippen LogP contribution in [-0.4, -0.2) is 29.6 Å². The van der Waals surface area contributed by atoms with Gasteiger partial charge >= 0.3 is 5.69 Å². The van der Waals surface area contributed by atoms with Crippen LogP contribution in [0.1, 0.15) is 31.7 Å². The molecule has 0 aliphatic rings. The Labute approximate surface area is 205 Å². The average molecular weight is 487 g/mol. The Balaban J connectivity index is 1.33. The number of carbonyl (C=O) groups excluding carboxylic acids is 1. The van der Waals surface area contributed by atoms with E-state index in [1.54, 1.807) is 12.1 Å². The van der Waals surface area contributed by atoms with Gasteiger partial charge in [0.15, 0.2) is 11.1 Å². The van der Waals surface area contributed by atoms with Gasteiger partial charge in [-0.25, -0.2) is 14.8 Å². The molecule has 10 nitrogen and oxygen atoms in total. The molecule has 184 valence electrons. The number of imidazole rings is 1. The van der Waals surface area contributed by atoms with Crippen molar-refractivity contribution in [3.8, 4) is 11.5 Å². The Morgan fingerprint density at radius 3 is 2.56 bits per heavy atom. The van der Waals surface area contributed by atoms with Gasteiger partial charge in [0.1, 0.15) is 17.7 Å². The van der Waals surface area contributed by atoms with Crippen LogP contribution < -0.4 is 16.6 Å². The van der Waals surface area contributed by atoms with Gasteiger partial charge in [0.25, 0.3) is 5.56 Å². The largest absolute Gasteiger partial charge is 0.436 e. The fourth-order valence-electron chi connectivity index (χ4n) is 4.22. The number of aryl methyl sites for hydroxylation is 1. The van der Waals surface area contributed by atoms with E-state index in [0.29, 0.717) is 23.1 Å². The van der Waals surface area contributed by atoms with Crippen LogP contribution in [0.4, 0.5) is 5.69 Å². The first-order valence-electron chi connectivity index (χ1n) is 11.7. The number of anilines is 1. The Bertz CT molecular complexity index is 1720. The van der Waals surface area contributed by atoms with E-state index in [1.807, 2.05) is 18.2 Å². The highest BCUT2D eigenvalue weighted by Crippen LogP contribution is 2.28. The average Bonchev–Trinajstić information content (AvgIpc) is 3.50. The summed E-state index contributed by atoms with van der Waals surface area (Å²) in [6.45, 7) is 4.24. The molecule has 0 saturated carbocycles. The van der Waals surface area contributed by atoms with Crippen molar-refractivity contribution in [2.75, 3.05) is 5.32 Å². The van der Waals surface area contributed by atoms with Crippen molar-refractivity contribution in [3.05, 3.63) is 75.2 Å². The lowest BCUT2D eigenvalue weighted by atomic mass is 9.98. The third kappa shape index (κ3) is 4.00. The summed E-state index contributed by atoms with van der Waals surface area (Å²) in [6, 6.07) is 13.3. The summed E-state index contributed by atoms with van der Waals surface area (Å²) in [5.74, 6) is 0.638. The van der Waals surface area contributed by atoms with Crippen LogP contribution in [-0.2, 0) is 25.4 Å². The molecule has 5 rings (SSSR count). The van der Waals surface area contributed by atoms with E-state index < -0.39 is 11.2 Å². The second kappa shape index (κ2) is 8.95. The molecule has 0 saturated heterocycles. The molecular formula is C26H26N6O4. The van der Waals surface area contributed by atoms with Crippen molar-refractivity contribution >= 4 is 33.9 Å². The molecule has 1 amide bonds. The highest BCUT2D eigenvalue weighted by molar-refractivity contribution is 5.91. The van der Waals surface area contributed by atoms with Crippen LogP contribution in [0.25, 0.3) is 33.7 Å². The highest BCUT2D eigenvalue weighted by atomic mass is 16.3. The number of hydrogen-bond donors (Lipinski definition) is 1. The zero-order valence-electron chi connectivity index (χ0n) is 20.5. The number of carbonyl (C=O) groups is 1. The molecule has 3 aromatic heterocycles. The standard InChI is InChI=1S/C26H26N6O4/c1-5-15(2)17-8-11-20-19(12-17)29-23(36-20)16-6-9-18(10-7-16)28-21(33)13-32-14-27-22-24(32)30(3)26(35)31(4)25(22)34/h6-12,14-15H,5,13H2,1-4H3,(H,28,33)/t15-/m1/s1. The van der Waals surface area contributed by atoms with Gasteiger partial charge in [-0.05, 0) is 54.3 Å². The minimum Gasteiger partial charge on any atom is -0.436 e. The van der Waals surface area contributed by atoms with E-state index in [1.165, 1.54) is 35.1 Å². The number of amides is 1. The number of nitrogens with one attached hydrogen (secondary N) is 1. The molecule has 0 radical (unpaired) electrons. The lowest BCUT2D eigenvalue weighted by molar-refractivity contribution is -0.116. The topological polar surface area (TPSA) is 117 Å². The lowest BCUT2D eigenvalue weighted by Gasteiger charge is -2.09. The van der Waals surface area contributed by atoms with E-state index in [4.69, 9.17) is 4.42 Å². The predicted molar refractivity (Wildman–Crippen MR) is 137 cm³/mol. The number of aromatic nitrogens is 5. The number of fused-ring (bicyclic) bond motifs is 2. The molecule has 36 heavy (non-hydrogen) atoms. The number of oxazole rings is 1. The van der Waals surface area contributed by atoms with Crippen LogP contribution in [0.3, 0.4) is 0 Å². The summed E-state index contributed by atoms with van der Waals surface area (Å²) in [6.07, 6.45) is 2.44. The summed E-state index contributed by atoms with van der Waals surface area (Å²) in [7, 11) is 2.93. The summed E-state index contributed by atoms with van der Waals surface area (Å²) in [5, 5.41) is 2.83.